The Morgan fingerprint density at radius 2 is 1.67 bits per heavy atom. The van der Waals surface area contributed by atoms with Gasteiger partial charge in [0.2, 0.25) is 11.8 Å². The normalized spacial score (nSPS) is 18.1. The van der Waals surface area contributed by atoms with Crippen LogP contribution in [-0.2, 0) is 22.6 Å². The van der Waals surface area contributed by atoms with E-state index in [2.05, 4.69) is 5.32 Å². The Morgan fingerprint density at radius 3 is 2.33 bits per heavy atom. The summed E-state index contributed by atoms with van der Waals surface area (Å²) in [6, 6.07) is 12.7. The monoisotopic (exact) mass is 405 g/mol. The number of hydrogen-bond donors (Lipinski definition) is 1. The van der Waals surface area contributed by atoms with Crippen LogP contribution in [0.15, 0.2) is 42.5 Å². The summed E-state index contributed by atoms with van der Waals surface area (Å²) < 4.78 is 0. The molecule has 0 aliphatic carbocycles. The van der Waals surface area contributed by atoms with Crippen molar-refractivity contribution in [3.8, 4) is 0 Å². The molecule has 0 unspecified atom stereocenters. The molecule has 3 amide bonds. The Hall–Kier alpha value is -3.15. The molecule has 4 rings (SSSR count). The second-order valence-corrected chi connectivity index (χ2v) is 8.22. The summed E-state index contributed by atoms with van der Waals surface area (Å²) in [6.45, 7) is 5.32. The summed E-state index contributed by atoms with van der Waals surface area (Å²) in [7, 11) is 0. The van der Waals surface area contributed by atoms with Crippen LogP contribution in [0, 0.1) is 6.92 Å². The molecule has 0 radical (unpaired) electrons. The second kappa shape index (κ2) is 8.30. The zero-order valence-corrected chi connectivity index (χ0v) is 17.5. The maximum absolute atomic E-state index is 13.4. The van der Waals surface area contributed by atoms with Crippen molar-refractivity contribution >= 4 is 23.4 Å². The zero-order chi connectivity index (χ0) is 21.3. The van der Waals surface area contributed by atoms with Gasteiger partial charge >= 0.3 is 0 Å². The fraction of sp³-hybridized carbons (Fsp3) is 0.375. The fourth-order valence-electron chi connectivity index (χ4n) is 4.31. The molecule has 0 bridgehead atoms. The summed E-state index contributed by atoms with van der Waals surface area (Å²) in [5, 5.41) is 2.80. The van der Waals surface area contributed by atoms with Gasteiger partial charge in [-0.3, -0.25) is 14.4 Å². The third kappa shape index (κ3) is 4.08. The second-order valence-electron chi connectivity index (χ2n) is 8.22. The number of rotatable bonds is 3. The average Bonchev–Trinajstić information content (AvgIpc) is 3.27. The largest absolute Gasteiger partial charge is 0.341 e. The number of fused-ring (bicyclic) bond motifs is 1. The predicted octanol–water partition coefficient (Wildman–Crippen LogP) is 3.14. The van der Waals surface area contributed by atoms with Gasteiger partial charge in [0.15, 0.2) is 0 Å². The van der Waals surface area contributed by atoms with Gasteiger partial charge in [-0.1, -0.05) is 23.8 Å². The van der Waals surface area contributed by atoms with E-state index in [0.29, 0.717) is 24.2 Å². The molecule has 1 N–H and O–H groups in total. The van der Waals surface area contributed by atoms with Crippen molar-refractivity contribution in [1.82, 2.24) is 9.80 Å². The summed E-state index contributed by atoms with van der Waals surface area (Å²) in [5.74, 6) is -0.242. The van der Waals surface area contributed by atoms with Gasteiger partial charge in [0.1, 0.15) is 6.04 Å². The van der Waals surface area contributed by atoms with E-state index >= 15 is 0 Å². The Kier molecular flexibility index (Phi) is 5.57. The molecule has 0 aromatic heterocycles. The van der Waals surface area contributed by atoms with E-state index in [1.54, 1.807) is 4.90 Å². The number of likely N-dealkylation sites (tertiary alicyclic amines) is 1. The van der Waals surface area contributed by atoms with Gasteiger partial charge in [0, 0.05) is 44.2 Å². The number of aryl methyl sites for hydroxylation is 1. The Labute approximate surface area is 176 Å². The molecule has 156 valence electrons. The molecule has 2 aliphatic rings. The molecule has 2 heterocycles. The molecule has 0 spiro atoms. The molecule has 2 aromatic rings. The van der Waals surface area contributed by atoms with Gasteiger partial charge in [0.05, 0.1) is 0 Å². The highest BCUT2D eigenvalue weighted by Crippen LogP contribution is 2.29. The van der Waals surface area contributed by atoms with Crippen LogP contribution in [0.4, 0.5) is 5.69 Å². The first-order valence-electron chi connectivity index (χ1n) is 10.5. The van der Waals surface area contributed by atoms with Crippen molar-refractivity contribution in [2.24, 2.45) is 0 Å². The quantitative estimate of drug-likeness (QED) is 0.853. The topological polar surface area (TPSA) is 69.7 Å². The van der Waals surface area contributed by atoms with Gasteiger partial charge in [0.25, 0.3) is 5.91 Å². The zero-order valence-electron chi connectivity index (χ0n) is 17.5. The molecule has 6 heteroatoms. The first-order chi connectivity index (χ1) is 14.4. The molecule has 0 saturated carbocycles. The average molecular weight is 405 g/mol. The first kappa shape index (κ1) is 20.1. The third-order valence-corrected chi connectivity index (χ3v) is 5.92. The lowest BCUT2D eigenvalue weighted by Gasteiger charge is -2.38. The van der Waals surface area contributed by atoms with Gasteiger partial charge in [-0.15, -0.1) is 0 Å². The van der Waals surface area contributed by atoms with Crippen molar-refractivity contribution in [3.63, 3.8) is 0 Å². The van der Waals surface area contributed by atoms with Crippen LogP contribution in [0.2, 0.25) is 0 Å². The number of nitrogens with one attached hydrogen (secondary N) is 1. The molecule has 2 aliphatic heterocycles. The highest BCUT2D eigenvalue weighted by Gasteiger charge is 2.38. The summed E-state index contributed by atoms with van der Waals surface area (Å²) in [5.41, 5.74) is 4.39. The Bertz CT molecular complexity index is 978. The number of nitrogens with zero attached hydrogens (tertiary/aromatic N) is 2. The number of anilines is 1. The van der Waals surface area contributed by atoms with Crippen molar-refractivity contribution in [2.45, 2.75) is 45.7 Å². The number of hydrogen-bond acceptors (Lipinski definition) is 3. The highest BCUT2D eigenvalue weighted by molar-refractivity contribution is 5.98. The van der Waals surface area contributed by atoms with E-state index in [4.69, 9.17) is 0 Å². The lowest BCUT2D eigenvalue weighted by atomic mass is 9.92. The van der Waals surface area contributed by atoms with Crippen LogP contribution < -0.4 is 5.32 Å². The molecule has 30 heavy (non-hydrogen) atoms. The Balaban J connectivity index is 1.67. The number of carbonyl (C=O) groups is 3. The standard InChI is InChI=1S/C24H27N3O3/c1-16-5-7-18(8-6-16)23(29)27-15-20-13-21(25-17(2)28)10-9-19(20)14-22(27)24(30)26-11-3-4-12-26/h5-10,13,22H,3-4,11-12,14-15H2,1-2H3,(H,25,28)/t22-/m1/s1. The van der Waals surface area contributed by atoms with Gasteiger partial charge < -0.3 is 15.1 Å². The van der Waals surface area contributed by atoms with Crippen molar-refractivity contribution < 1.29 is 14.4 Å². The molecule has 1 atom stereocenters. The van der Waals surface area contributed by atoms with Crippen LogP contribution in [0.5, 0.6) is 0 Å². The van der Waals surface area contributed by atoms with Gasteiger partial charge in [-0.2, -0.15) is 0 Å². The summed E-state index contributed by atoms with van der Waals surface area (Å²) >= 11 is 0. The minimum absolute atomic E-state index is 0.0320. The third-order valence-electron chi connectivity index (χ3n) is 5.92. The van der Waals surface area contributed by atoms with Gasteiger partial charge in [-0.05, 0) is 55.2 Å². The van der Waals surface area contributed by atoms with Gasteiger partial charge in [-0.25, -0.2) is 0 Å². The number of carbonyl (C=O) groups excluding carboxylic acids is 3. The molecule has 1 saturated heterocycles. The summed E-state index contributed by atoms with van der Waals surface area (Å²) in [4.78, 5) is 41.7. The fourth-order valence-corrected chi connectivity index (χ4v) is 4.31. The lowest BCUT2D eigenvalue weighted by Crippen LogP contribution is -2.53. The number of amides is 3. The summed E-state index contributed by atoms with van der Waals surface area (Å²) in [6.07, 6.45) is 2.52. The van der Waals surface area contributed by atoms with E-state index in [1.807, 2.05) is 54.3 Å². The van der Waals surface area contributed by atoms with E-state index in [9.17, 15) is 14.4 Å². The molecule has 1 fully saturated rings. The van der Waals surface area contributed by atoms with Crippen molar-refractivity contribution in [1.29, 1.82) is 0 Å². The molecular weight excluding hydrogens is 378 g/mol. The highest BCUT2D eigenvalue weighted by atomic mass is 16.2. The number of benzene rings is 2. The minimum atomic E-state index is -0.504. The smallest absolute Gasteiger partial charge is 0.254 e. The van der Waals surface area contributed by atoms with Crippen LogP contribution in [0.1, 0.15) is 46.8 Å². The lowest BCUT2D eigenvalue weighted by molar-refractivity contribution is -0.135. The maximum atomic E-state index is 13.4. The predicted molar refractivity (Wildman–Crippen MR) is 115 cm³/mol. The van der Waals surface area contributed by atoms with Crippen LogP contribution >= 0.6 is 0 Å². The molecular formula is C24H27N3O3. The van der Waals surface area contributed by atoms with Crippen LogP contribution in [0.25, 0.3) is 0 Å². The first-order valence-corrected chi connectivity index (χ1v) is 10.5. The van der Waals surface area contributed by atoms with Crippen molar-refractivity contribution in [3.05, 3.63) is 64.7 Å². The van der Waals surface area contributed by atoms with E-state index in [0.717, 1.165) is 42.6 Å². The van der Waals surface area contributed by atoms with Crippen LogP contribution in [0.3, 0.4) is 0 Å². The molecule has 2 aromatic carbocycles. The molecule has 6 nitrogen and oxygen atoms in total. The SMILES string of the molecule is CC(=O)Nc1ccc2c(c1)CN(C(=O)c1ccc(C)cc1)[C@@H](C(=O)N1CCCC1)C2. The van der Waals surface area contributed by atoms with E-state index in [1.165, 1.54) is 6.92 Å². The Morgan fingerprint density at radius 1 is 0.967 bits per heavy atom. The van der Waals surface area contributed by atoms with Crippen LogP contribution in [-0.4, -0.2) is 46.7 Å². The van der Waals surface area contributed by atoms with E-state index < -0.39 is 6.04 Å². The van der Waals surface area contributed by atoms with E-state index in [-0.39, 0.29) is 17.7 Å². The van der Waals surface area contributed by atoms with Crippen molar-refractivity contribution in [2.75, 3.05) is 18.4 Å². The maximum Gasteiger partial charge on any atom is 0.254 e. The minimum Gasteiger partial charge on any atom is -0.341 e.